The molecule has 3 heteroatoms. The average molecular weight is 230 g/mol. The molecule has 0 aromatic heterocycles. The third kappa shape index (κ3) is 2.53. The normalized spacial score (nSPS) is 20.2. The minimum Gasteiger partial charge on any atom is -0.342 e. The van der Waals surface area contributed by atoms with Crippen molar-refractivity contribution in [1.29, 1.82) is 0 Å². The van der Waals surface area contributed by atoms with E-state index in [0.29, 0.717) is 11.5 Å². The van der Waals surface area contributed by atoms with E-state index in [-0.39, 0.29) is 5.91 Å². The number of rotatable bonds is 1. The zero-order chi connectivity index (χ0) is 9.19. The third-order valence-electron chi connectivity index (χ3n) is 2.09. The van der Waals surface area contributed by atoms with Crippen LogP contribution in [-0.2, 0) is 4.79 Å². The van der Waals surface area contributed by atoms with Crippen molar-refractivity contribution in [1.82, 2.24) is 5.32 Å². The summed E-state index contributed by atoms with van der Waals surface area (Å²) in [6, 6.07) is 0.334. The minimum atomic E-state index is -0.188. The molecule has 0 saturated heterocycles. The van der Waals surface area contributed by atoms with Gasteiger partial charge in [-0.05, 0) is 23.1 Å². The number of amides is 1. The van der Waals surface area contributed by atoms with Crippen LogP contribution >= 0.6 is 15.9 Å². The van der Waals surface area contributed by atoms with Gasteiger partial charge in [-0.3, -0.25) is 4.79 Å². The van der Waals surface area contributed by atoms with Gasteiger partial charge >= 0.3 is 0 Å². The predicted molar refractivity (Wildman–Crippen MR) is 51.6 cm³/mol. The van der Waals surface area contributed by atoms with Gasteiger partial charge in [0.15, 0.2) is 0 Å². The van der Waals surface area contributed by atoms with E-state index < -0.39 is 0 Å². The minimum absolute atomic E-state index is 0.188. The van der Waals surface area contributed by atoms with Crippen LogP contribution in [0.5, 0.6) is 0 Å². The van der Waals surface area contributed by atoms with Crippen molar-refractivity contribution in [2.45, 2.75) is 32.7 Å². The summed E-state index contributed by atoms with van der Waals surface area (Å²) >= 11 is 2.88. The molecule has 0 heterocycles. The van der Waals surface area contributed by atoms with E-state index >= 15 is 0 Å². The molecule has 0 aromatic carbocycles. The maximum atomic E-state index is 10.9. The fourth-order valence-electron chi connectivity index (χ4n) is 1.64. The quantitative estimate of drug-likeness (QED) is 0.682. The van der Waals surface area contributed by atoms with Crippen LogP contribution in [0.15, 0.2) is 0 Å². The zero-order valence-corrected chi connectivity index (χ0v) is 8.86. The fourth-order valence-corrected chi connectivity index (χ4v) is 1.82. The number of nitrogens with one attached hydrogen (secondary N) is 1. The van der Waals surface area contributed by atoms with E-state index in [0.717, 1.165) is 12.8 Å². The molecule has 0 bridgehead atoms. The first kappa shape index (κ1) is 9.60. The Morgan fingerprint density at radius 3 is 2.58 bits per heavy atom. The van der Waals surface area contributed by atoms with Gasteiger partial charge < -0.3 is 5.32 Å². The van der Waals surface area contributed by atoms with Crippen LogP contribution in [0.3, 0.4) is 0 Å². The Bertz CT molecular complexity index is 241. The van der Waals surface area contributed by atoms with E-state index in [4.69, 9.17) is 0 Å². The molecule has 1 N–H and O–H groups in total. The van der Waals surface area contributed by atoms with Crippen molar-refractivity contribution in [2.24, 2.45) is 5.41 Å². The first-order valence-corrected chi connectivity index (χ1v) is 4.75. The largest absolute Gasteiger partial charge is 0.342 e. The summed E-state index contributed by atoms with van der Waals surface area (Å²) in [5.74, 6) is 2.20. The second-order valence-corrected chi connectivity index (χ2v) is 4.36. The summed E-state index contributed by atoms with van der Waals surface area (Å²) in [4.78, 5) is 13.3. The van der Waals surface area contributed by atoms with Crippen molar-refractivity contribution in [3.63, 3.8) is 0 Å². The predicted octanol–water partition coefficient (Wildman–Crippen LogP) is 1.65. The average Bonchev–Trinajstić information content (AvgIpc) is 1.83. The van der Waals surface area contributed by atoms with E-state index in [1.165, 1.54) is 0 Å². The molecule has 0 radical (unpaired) electrons. The summed E-state index contributed by atoms with van der Waals surface area (Å²) in [7, 11) is 0. The SMILES string of the molecule is CC1(C)CC(NC(=O)C#CBr)C1. The lowest BCUT2D eigenvalue weighted by molar-refractivity contribution is -0.117. The first-order chi connectivity index (χ1) is 5.53. The molecule has 1 aliphatic rings. The molecule has 12 heavy (non-hydrogen) atoms. The second kappa shape index (κ2) is 3.49. The van der Waals surface area contributed by atoms with Gasteiger partial charge in [0, 0.05) is 27.9 Å². The molecule has 2 nitrogen and oxygen atoms in total. The maximum absolute atomic E-state index is 10.9. The number of hydrogen-bond donors (Lipinski definition) is 1. The third-order valence-corrected chi connectivity index (χ3v) is 2.29. The Labute approximate surface area is 81.2 Å². The number of carbonyl (C=O) groups is 1. The van der Waals surface area contributed by atoms with Crippen LogP contribution in [0, 0.1) is 16.2 Å². The van der Waals surface area contributed by atoms with Gasteiger partial charge in [0.25, 0.3) is 5.91 Å². The molecule has 0 unspecified atom stereocenters. The van der Waals surface area contributed by atoms with Gasteiger partial charge in [-0.15, -0.1) is 0 Å². The summed E-state index contributed by atoms with van der Waals surface area (Å²) in [5, 5.41) is 2.83. The van der Waals surface area contributed by atoms with Gasteiger partial charge in [-0.1, -0.05) is 13.8 Å². The standard InChI is InChI=1S/C9H12BrNO/c1-9(2)5-7(6-9)11-8(12)3-4-10/h7H,5-6H2,1-2H3,(H,11,12). The van der Waals surface area contributed by atoms with Crippen LogP contribution in [-0.4, -0.2) is 11.9 Å². The van der Waals surface area contributed by atoms with Crippen LogP contribution < -0.4 is 5.32 Å². The lowest BCUT2D eigenvalue weighted by Gasteiger charge is -2.42. The number of hydrogen-bond acceptors (Lipinski definition) is 1. The molecule has 1 aliphatic carbocycles. The molecule has 1 saturated carbocycles. The molecular formula is C9H12BrNO. The summed E-state index contributed by atoms with van der Waals surface area (Å²) in [6.45, 7) is 4.40. The van der Waals surface area contributed by atoms with Crippen molar-refractivity contribution in [2.75, 3.05) is 0 Å². The molecular weight excluding hydrogens is 218 g/mol. The molecule has 1 fully saturated rings. The van der Waals surface area contributed by atoms with E-state index in [9.17, 15) is 4.79 Å². The lowest BCUT2D eigenvalue weighted by atomic mass is 9.68. The fraction of sp³-hybridized carbons (Fsp3) is 0.667. The summed E-state index contributed by atoms with van der Waals surface area (Å²) < 4.78 is 0. The second-order valence-electron chi connectivity index (χ2n) is 3.96. The number of carbonyl (C=O) groups excluding carboxylic acids is 1. The number of halogens is 1. The Kier molecular flexibility index (Phi) is 2.79. The highest BCUT2D eigenvalue weighted by molar-refractivity contribution is 9.12. The molecule has 0 atom stereocenters. The maximum Gasteiger partial charge on any atom is 0.296 e. The van der Waals surface area contributed by atoms with Crippen molar-refractivity contribution in [3.8, 4) is 10.8 Å². The topological polar surface area (TPSA) is 29.1 Å². The summed E-state index contributed by atoms with van der Waals surface area (Å²) in [5.41, 5.74) is 0.403. The van der Waals surface area contributed by atoms with Gasteiger partial charge in [-0.2, -0.15) is 0 Å². The highest BCUT2D eigenvalue weighted by atomic mass is 79.9. The highest BCUT2D eigenvalue weighted by Crippen LogP contribution is 2.39. The highest BCUT2D eigenvalue weighted by Gasteiger charge is 2.36. The molecule has 1 rings (SSSR count). The van der Waals surface area contributed by atoms with Gasteiger partial charge in [0.1, 0.15) is 0 Å². The first-order valence-electron chi connectivity index (χ1n) is 3.96. The van der Waals surface area contributed by atoms with Crippen LogP contribution in [0.4, 0.5) is 0 Å². The smallest absolute Gasteiger partial charge is 0.296 e. The van der Waals surface area contributed by atoms with Gasteiger partial charge in [-0.25, -0.2) is 0 Å². The van der Waals surface area contributed by atoms with E-state index in [1.807, 2.05) is 0 Å². The van der Waals surface area contributed by atoms with Crippen molar-refractivity contribution < 1.29 is 4.79 Å². The summed E-state index contributed by atoms with van der Waals surface area (Å²) in [6.07, 6.45) is 2.12. The molecule has 1 amide bonds. The lowest BCUT2D eigenvalue weighted by Crippen LogP contribution is -2.47. The van der Waals surface area contributed by atoms with Gasteiger partial charge in [0.2, 0.25) is 0 Å². The van der Waals surface area contributed by atoms with Gasteiger partial charge in [0.05, 0.1) is 0 Å². The van der Waals surface area contributed by atoms with Crippen LogP contribution in [0.1, 0.15) is 26.7 Å². The molecule has 66 valence electrons. The Balaban J connectivity index is 2.26. The van der Waals surface area contributed by atoms with Crippen LogP contribution in [0.25, 0.3) is 0 Å². The molecule has 0 aromatic rings. The van der Waals surface area contributed by atoms with Crippen LogP contribution in [0.2, 0.25) is 0 Å². The monoisotopic (exact) mass is 229 g/mol. The Hall–Kier alpha value is -0.490. The van der Waals surface area contributed by atoms with E-state index in [2.05, 4.69) is 45.8 Å². The zero-order valence-electron chi connectivity index (χ0n) is 7.28. The molecule has 0 aliphatic heterocycles. The Morgan fingerprint density at radius 1 is 1.58 bits per heavy atom. The van der Waals surface area contributed by atoms with Crippen molar-refractivity contribution in [3.05, 3.63) is 0 Å². The van der Waals surface area contributed by atoms with Crippen molar-refractivity contribution >= 4 is 21.8 Å². The Morgan fingerprint density at radius 2 is 2.17 bits per heavy atom. The van der Waals surface area contributed by atoms with E-state index in [1.54, 1.807) is 0 Å². The molecule has 0 spiro atoms.